The highest BCUT2D eigenvalue weighted by Crippen LogP contribution is 2.79. The topological polar surface area (TPSA) is 76.1 Å². The van der Waals surface area contributed by atoms with Gasteiger partial charge in [0.2, 0.25) is 0 Å². The Balaban J connectivity index is 1.62. The van der Waals surface area contributed by atoms with Crippen LogP contribution in [-0.2, 0) is 19.1 Å². The smallest absolute Gasteiger partial charge is 0.309 e. The van der Waals surface area contributed by atoms with Crippen LogP contribution in [0.4, 0.5) is 0 Å². The van der Waals surface area contributed by atoms with Crippen LogP contribution in [-0.4, -0.2) is 54.5 Å². The molecule has 0 amide bonds. The predicted octanol–water partition coefficient (Wildman–Crippen LogP) is 2.90. The van der Waals surface area contributed by atoms with E-state index in [0.717, 1.165) is 51.6 Å². The number of aliphatic hydroxyl groups is 1. The molecule has 0 aromatic carbocycles. The summed E-state index contributed by atoms with van der Waals surface area (Å²) in [5.74, 6) is 0.557. The van der Waals surface area contributed by atoms with Crippen LogP contribution < -0.4 is 0 Å². The number of carbonyl (C=O) groups excluding carboxylic acids is 2. The van der Waals surface area contributed by atoms with Crippen LogP contribution in [0.15, 0.2) is 11.1 Å². The van der Waals surface area contributed by atoms with Gasteiger partial charge in [-0.1, -0.05) is 18.1 Å². The van der Waals surface area contributed by atoms with Crippen LogP contribution >= 0.6 is 0 Å². The van der Waals surface area contributed by atoms with Crippen LogP contribution in [0.5, 0.6) is 0 Å². The first-order valence-electron chi connectivity index (χ1n) is 12.2. The maximum absolute atomic E-state index is 13.0. The number of hydrogen-bond donors (Lipinski definition) is 1. The average Bonchev–Trinajstić information content (AvgIpc) is 3.36. The molecule has 2 heterocycles. The van der Waals surface area contributed by atoms with Crippen molar-refractivity contribution in [2.24, 2.45) is 40.4 Å². The van der Waals surface area contributed by atoms with E-state index in [1.807, 2.05) is 0 Å². The molecule has 4 fully saturated rings. The Hall–Kier alpha value is -1.40. The molecule has 6 nitrogen and oxygen atoms in total. The fraction of sp³-hybridized carbons (Fsp3) is 0.840. The van der Waals surface area contributed by atoms with Crippen LogP contribution in [0, 0.1) is 40.4 Å². The number of methoxy groups -OCH3 is 1. The number of hydrogen-bond acceptors (Lipinski definition) is 6. The number of nitrogens with zero attached hydrogens (tertiary/aromatic N) is 1. The molecule has 0 aromatic heterocycles. The van der Waals surface area contributed by atoms with Crippen molar-refractivity contribution in [1.82, 2.24) is 4.90 Å². The number of piperidine rings is 1. The number of esters is 2. The van der Waals surface area contributed by atoms with Gasteiger partial charge in [-0.05, 0) is 62.7 Å². The molecule has 1 spiro atoms. The summed E-state index contributed by atoms with van der Waals surface area (Å²) in [4.78, 5) is 27.4. The fourth-order valence-corrected chi connectivity index (χ4v) is 9.73. The Morgan fingerprint density at radius 3 is 2.71 bits per heavy atom. The fourth-order valence-electron chi connectivity index (χ4n) is 9.73. The van der Waals surface area contributed by atoms with Crippen molar-refractivity contribution in [3.63, 3.8) is 0 Å². The van der Waals surface area contributed by atoms with Crippen LogP contribution in [0.2, 0.25) is 0 Å². The molecule has 0 unspecified atom stereocenters. The highest BCUT2D eigenvalue weighted by atomic mass is 16.5. The molecule has 4 bridgehead atoms. The first-order chi connectivity index (χ1) is 14.8. The summed E-state index contributed by atoms with van der Waals surface area (Å²) in [5, 5.41) is 12.8. The average molecular weight is 430 g/mol. The van der Waals surface area contributed by atoms with Gasteiger partial charge in [0.1, 0.15) is 5.72 Å². The monoisotopic (exact) mass is 429 g/mol. The Kier molecular flexibility index (Phi) is 4.14. The van der Waals surface area contributed by atoms with Crippen LogP contribution in [0.1, 0.15) is 58.8 Å². The molecule has 8 atom stereocenters. The lowest BCUT2D eigenvalue weighted by molar-refractivity contribution is -0.306. The molecule has 1 N–H and O–H groups in total. The van der Waals surface area contributed by atoms with E-state index >= 15 is 0 Å². The quantitative estimate of drug-likeness (QED) is 0.549. The van der Waals surface area contributed by atoms with E-state index in [9.17, 15) is 14.7 Å². The standard InChI is InChI=1S/C25H35NO5/c1-14-11-26-12-17-6-4-16-5-7-18-19(22(28)30-3)10-24(21(16)18)23(17,13-31-15(2)27)9-8-20(14)25(24,26)29/h14,17-20,29H,4-13H2,1-3H3/t14-,17+,18+,19+,20+,23+,24+,25+/m0/s1. The Morgan fingerprint density at radius 2 is 1.97 bits per heavy atom. The zero-order valence-electron chi connectivity index (χ0n) is 19.0. The summed E-state index contributed by atoms with van der Waals surface area (Å²) in [5.41, 5.74) is 1.09. The first-order valence-corrected chi connectivity index (χ1v) is 12.2. The maximum Gasteiger partial charge on any atom is 0.309 e. The molecule has 0 aromatic rings. The molecule has 6 heteroatoms. The second-order valence-corrected chi connectivity index (χ2v) is 11.3. The minimum absolute atomic E-state index is 0.136. The predicted molar refractivity (Wildman–Crippen MR) is 113 cm³/mol. The van der Waals surface area contributed by atoms with E-state index in [4.69, 9.17) is 9.47 Å². The third-order valence-corrected chi connectivity index (χ3v) is 10.6. The van der Waals surface area contributed by atoms with Crippen LogP contribution in [0.3, 0.4) is 0 Å². The van der Waals surface area contributed by atoms with Gasteiger partial charge in [0.25, 0.3) is 0 Å². The lowest BCUT2D eigenvalue weighted by Crippen LogP contribution is -2.76. The van der Waals surface area contributed by atoms with E-state index < -0.39 is 11.1 Å². The van der Waals surface area contributed by atoms with Crippen molar-refractivity contribution >= 4 is 11.9 Å². The SMILES string of the molecule is COC(=O)[C@@H]1C[C@@]23C4=C(CC[C@@H]5CN6C[C@H](C)[C@@H](CC[C@@]52COC(C)=O)[C@]63O)CC[C@@H]41. The number of ether oxygens (including phenoxy) is 2. The summed E-state index contributed by atoms with van der Waals surface area (Å²) in [6.07, 6.45) is 6.72. The van der Waals surface area contributed by atoms with Gasteiger partial charge in [-0.3, -0.25) is 14.5 Å². The van der Waals surface area contributed by atoms with Crippen molar-refractivity contribution < 1.29 is 24.2 Å². The van der Waals surface area contributed by atoms with E-state index in [2.05, 4.69) is 11.8 Å². The lowest BCUT2D eigenvalue weighted by Gasteiger charge is -2.69. The maximum atomic E-state index is 13.0. The van der Waals surface area contributed by atoms with Gasteiger partial charge < -0.3 is 14.6 Å². The highest BCUT2D eigenvalue weighted by Gasteiger charge is 2.81. The molecular formula is C25H35NO5. The third-order valence-electron chi connectivity index (χ3n) is 10.6. The zero-order chi connectivity index (χ0) is 21.8. The first kappa shape index (κ1) is 20.2. The molecule has 2 saturated heterocycles. The third kappa shape index (κ3) is 2.12. The van der Waals surface area contributed by atoms with Gasteiger partial charge in [-0.25, -0.2) is 0 Å². The Morgan fingerprint density at radius 1 is 1.19 bits per heavy atom. The molecule has 6 aliphatic rings. The van der Waals surface area contributed by atoms with E-state index in [-0.39, 0.29) is 35.1 Å². The summed E-state index contributed by atoms with van der Waals surface area (Å²) in [6, 6.07) is 0. The summed E-state index contributed by atoms with van der Waals surface area (Å²) in [6.45, 7) is 5.91. The second-order valence-electron chi connectivity index (χ2n) is 11.3. The molecule has 2 aliphatic heterocycles. The normalized spacial score (nSPS) is 49.6. The Bertz CT molecular complexity index is 883. The summed E-state index contributed by atoms with van der Waals surface area (Å²) < 4.78 is 11.1. The summed E-state index contributed by atoms with van der Waals surface area (Å²) in [7, 11) is 1.49. The molecule has 0 radical (unpaired) electrons. The van der Waals surface area contributed by atoms with Crippen molar-refractivity contribution in [2.75, 3.05) is 26.8 Å². The molecule has 4 aliphatic carbocycles. The number of carbonyl (C=O) groups is 2. The molecule has 170 valence electrons. The van der Waals surface area contributed by atoms with Crippen molar-refractivity contribution in [3.05, 3.63) is 11.1 Å². The molecular weight excluding hydrogens is 394 g/mol. The lowest BCUT2D eigenvalue weighted by atomic mass is 9.42. The number of allylic oxidation sites excluding steroid dienone is 1. The van der Waals surface area contributed by atoms with Gasteiger partial charge in [-0.2, -0.15) is 0 Å². The van der Waals surface area contributed by atoms with Crippen molar-refractivity contribution in [3.8, 4) is 0 Å². The van der Waals surface area contributed by atoms with Gasteiger partial charge in [0, 0.05) is 36.8 Å². The van der Waals surface area contributed by atoms with Crippen molar-refractivity contribution in [2.45, 2.75) is 64.5 Å². The summed E-state index contributed by atoms with van der Waals surface area (Å²) >= 11 is 0. The highest BCUT2D eigenvalue weighted by molar-refractivity contribution is 5.75. The molecule has 31 heavy (non-hydrogen) atoms. The number of rotatable bonds is 3. The van der Waals surface area contributed by atoms with E-state index in [1.54, 1.807) is 0 Å². The molecule has 2 saturated carbocycles. The van der Waals surface area contributed by atoms with Gasteiger partial charge >= 0.3 is 11.9 Å². The largest absolute Gasteiger partial charge is 0.469 e. The minimum atomic E-state index is -0.961. The van der Waals surface area contributed by atoms with Gasteiger partial charge in [-0.15, -0.1) is 0 Å². The minimum Gasteiger partial charge on any atom is -0.469 e. The Labute approximate surface area is 184 Å². The van der Waals surface area contributed by atoms with Crippen molar-refractivity contribution in [1.29, 1.82) is 0 Å². The molecule has 6 rings (SSSR count). The van der Waals surface area contributed by atoms with Gasteiger partial charge in [0.15, 0.2) is 0 Å². The van der Waals surface area contributed by atoms with E-state index in [0.29, 0.717) is 24.9 Å². The van der Waals surface area contributed by atoms with Crippen LogP contribution in [0.25, 0.3) is 0 Å². The van der Waals surface area contributed by atoms with Gasteiger partial charge in [0.05, 0.1) is 19.6 Å². The van der Waals surface area contributed by atoms with E-state index in [1.165, 1.54) is 25.2 Å². The zero-order valence-corrected chi connectivity index (χ0v) is 19.0. The second kappa shape index (κ2) is 6.34.